The van der Waals surface area contributed by atoms with Crippen molar-refractivity contribution >= 4 is 44.0 Å². The summed E-state index contributed by atoms with van der Waals surface area (Å²) in [7, 11) is -4.58. The summed E-state index contributed by atoms with van der Waals surface area (Å²) < 4.78 is 28.0. The Morgan fingerprint density at radius 3 is 2.15 bits per heavy atom. The van der Waals surface area contributed by atoms with E-state index in [0.717, 1.165) is 0 Å². The number of hydrogen-bond acceptors (Lipinski definition) is 4. The van der Waals surface area contributed by atoms with Gasteiger partial charge in [0.1, 0.15) is 0 Å². The van der Waals surface area contributed by atoms with Gasteiger partial charge in [-0.2, -0.15) is 0 Å². The molecule has 0 fully saturated rings. The minimum atomic E-state index is -4.58. The van der Waals surface area contributed by atoms with Crippen molar-refractivity contribution in [2.75, 3.05) is 6.61 Å². The van der Waals surface area contributed by atoms with Crippen molar-refractivity contribution in [3.63, 3.8) is 0 Å². The summed E-state index contributed by atoms with van der Waals surface area (Å²) in [5, 5.41) is 17.0. The Balaban J connectivity index is 4.86. The molecule has 1 unspecified atom stereocenters. The van der Waals surface area contributed by atoms with Crippen LogP contribution in [0.5, 0.6) is 0 Å². The molecular weight excluding hydrogens is 211 g/mol. The Kier molecular flexibility index (Phi) is 4.84. The molecule has 0 rings (SSSR count). The van der Waals surface area contributed by atoms with E-state index >= 15 is 0 Å². The Bertz CT molecular complexity index is 285. The summed E-state index contributed by atoms with van der Waals surface area (Å²) in [6, 6.07) is 0. The van der Waals surface area contributed by atoms with Gasteiger partial charge in [0.05, 0.1) is 0 Å². The van der Waals surface area contributed by atoms with Gasteiger partial charge < -0.3 is 0 Å². The molecule has 0 aromatic carbocycles. The van der Waals surface area contributed by atoms with Crippen molar-refractivity contribution in [2.24, 2.45) is 0 Å². The summed E-state index contributed by atoms with van der Waals surface area (Å²) >= 11 is -0.223. The normalized spacial score (nSPS) is 16.6. The number of hydrogen-bond donors (Lipinski definition) is 3. The van der Waals surface area contributed by atoms with Crippen molar-refractivity contribution < 1.29 is 28.0 Å². The molecule has 0 saturated carbocycles. The van der Waals surface area contributed by atoms with Crippen LogP contribution in [0.1, 0.15) is 12.8 Å². The molecule has 72 valence electrons. The zero-order chi connectivity index (χ0) is 10.7. The van der Waals surface area contributed by atoms with Gasteiger partial charge in [-0.25, -0.2) is 0 Å². The molecule has 0 aliphatic carbocycles. The number of aliphatic hydroxyl groups excluding tert-OH is 1. The number of carboxylic acids is 1. The van der Waals surface area contributed by atoms with Crippen LogP contribution in [0.2, 0.25) is 0 Å². The minimum absolute atomic E-state index is 0.0373. The number of aliphatic hydroxyl groups is 1. The van der Waals surface area contributed by atoms with E-state index in [-0.39, 0.29) is 47.4 Å². The zero-order valence-corrected chi connectivity index (χ0v) is 9.91. The maximum atomic E-state index is 10.7. The Labute approximate surface area is 93.1 Å². The molecule has 0 aromatic heterocycles. The van der Waals surface area contributed by atoms with Gasteiger partial charge in [0.15, 0.2) is 0 Å². The fraction of sp³-hybridized carbons (Fsp3) is 0.800. The van der Waals surface area contributed by atoms with Crippen LogP contribution in [-0.4, -0.2) is 65.7 Å². The second-order valence-corrected chi connectivity index (χ2v) is 7.12. The second kappa shape index (κ2) is 4.72. The van der Waals surface area contributed by atoms with Gasteiger partial charge in [-0.1, -0.05) is 0 Å². The van der Waals surface area contributed by atoms with E-state index in [1.54, 1.807) is 0 Å². The fourth-order valence-corrected chi connectivity index (χ4v) is 1.74. The molecule has 3 N–H and O–H groups in total. The van der Waals surface area contributed by atoms with Crippen LogP contribution < -0.4 is 0 Å². The number of carbonyl (C=O) groups is 1. The molecular formula is C5H9NaO6S. The van der Waals surface area contributed by atoms with Gasteiger partial charge in [-0.3, -0.25) is 0 Å². The molecule has 13 heavy (non-hydrogen) atoms. The molecule has 8 heteroatoms. The SMILES string of the molecule is O=C(O)[C]([Na])(CCCO)S(=O)(=O)O. The van der Waals surface area contributed by atoms with Gasteiger partial charge in [0.25, 0.3) is 0 Å². The summed E-state index contributed by atoms with van der Waals surface area (Å²) in [5.74, 6) is -1.56. The first kappa shape index (κ1) is 13.3. The molecule has 0 spiro atoms. The summed E-state index contributed by atoms with van der Waals surface area (Å²) in [4.78, 5) is 10.6. The van der Waals surface area contributed by atoms with Gasteiger partial charge in [-0.05, 0) is 0 Å². The molecule has 1 atom stereocenters. The predicted molar refractivity (Wildman–Crippen MR) is 44.0 cm³/mol. The molecule has 0 bridgehead atoms. The van der Waals surface area contributed by atoms with Crippen LogP contribution in [0.15, 0.2) is 0 Å². The van der Waals surface area contributed by atoms with E-state index < -0.39 is 18.1 Å². The first-order valence-corrected chi connectivity index (χ1v) is 6.01. The molecule has 0 heterocycles. The molecule has 6 nitrogen and oxygen atoms in total. The maximum absolute atomic E-state index is 10.7. The summed E-state index contributed by atoms with van der Waals surface area (Å²) in [5.41, 5.74) is 0. The average molecular weight is 220 g/mol. The van der Waals surface area contributed by atoms with Gasteiger partial charge in [-0.15, -0.1) is 0 Å². The third-order valence-corrected chi connectivity index (χ3v) is 5.83. The van der Waals surface area contributed by atoms with E-state index in [4.69, 9.17) is 14.8 Å². The summed E-state index contributed by atoms with van der Waals surface area (Å²) in [6.07, 6.45) is -0.223. The van der Waals surface area contributed by atoms with Crippen LogP contribution in [0.25, 0.3) is 0 Å². The van der Waals surface area contributed by atoms with Crippen LogP contribution in [0, 0.1) is 0 Å². The summed E-state index contributed by atoms with van der Waals surface area (Å²) in [6.45, 7) is -0.299. The third kappa shape index (κ3) is 3.19. The second-order valence-electron chi connectivity index (χ2n) is 2.84. The standard InChI is InChI=1S/C5H9O6S.Na/c6-3-1-2-4(5(7)8)12(9,10)11;/h6H,1-3H2,(H,7,8)(H,9,10,11);. The Morgan fingerprint density at radius 1 is 1.46 bits per heavy atom. The van der Waals surface area contributed by atoms with Crippen LogP contribution in [0.4, 0.5) is 0 Å². The van der Waals surface area contributed by atoms with Crippen molar-refractivity contribution in [2.45, 2.75) is 14.8 Å². The van der Waals surface area contributed by atoms with E-state index in [0.29, 0.717) is 0 Å². The predicted octanol–water partition coefficient (Wildman–Crippen LogP) is -1.40. The van der Waals surface area contributed by atoms with Crippen molar-refractivity contribution in [3.05, 3.63) is 0 Å². The molecule has 0 saturated heterocycles. The Morgan fingerprint density at radius 2 is 1.92 bits per heavy atom. The van der Waals surface area contributed by atoms with Gasteiger partial charge >= 0.3 is 93.4 Å². The van der Waals surface area contributed by atoms with E-state index in [1.165, 1.54) is 0 Å². The number of aliphatic carboxylic acids is 1. The van der Waals surface area contributed by atoms with E-state index in [1.807, 2.05) is 0 Å². The van der Waals surface area contributed by atoms with Crippen molar-refractivity contribution in [1.82, 2.24) is 0 Å². The Hall–Kier alpha value is 0.340. The van der Waals surface area contributed by atoms with Crippen LogP contribution >= 0.6 is 0 Å². The van der Waals surface area contributed by atoms with Crippen molar-refractivity contribution in [1.29, 1.82) is 0 Å². The van der Waals surface area contributed by atoms with Gasteiger partial charge in [0, 0.05) is 0 Å². The van der Waals surface area contributed by atoms with Crippen LogP contribution in [0.3, 0.4) is 0 Å². The zero-order valence-electron chi connectivity index (χ0n) is 7.10. The average Bonchev–Trinajstić information content (AvgIpc) is 1.97. The topological polar surface area (TPSA) is 112 Å². The first-order chi connectivity index (χ1) is 5.75. The molecule has 0 radical (unpaired) electrons. The molecule has 0 aliphatic rings. The fourth-order valence-electron chi connectivity index (χ4n) is 0.763. The monoisotopic (exact) mass is 220 g/mol. The van der Waals surface area contributed by atoms with Gasteiger partial charge in [0.2, 0.25) is 0 Å². The van der Waals surface area contributed by atoms with E-state index in [9.17, 15) is 13.2 Å². The number of rotatable bonds is 5. The first-order valence-electron chi connectivity index (χ1n) is 3.57. The molecule has 0 amide bonds. The molecule has 0 aromatic rings. The van der Waals surface area contributed by atoms with Crippen LogP contribution in [-0.2, 0) is 14.9 Å². The number of carboxylic acid groups (broad SMARTS) is 1. The molecule has 0 aliphatic heterocycles. The quantitative estimate of drug-likeness (QED) is 0.388. The van der Waals surface area contributed by atoms with Crippen molar-refractivity contribution in [3.8, 4) is 0 Å². The van der Waals surface area contributed by atoms with E-state index in [2.05, 4.69) is 0 Å². The third-order valence-electron chi connectivity index (χ3n) is 1.83.